The molecule has 1 amide bonds. The molecule has 1 aromatic rings. The Hall–Kier alpha value is -2.39. The molecule has 0 aromatic carbocycles. The number of rotatable bonds is 4. The van der Waals surface area contributed by atoms with Gasteiger partial charge in [-0.3, -0.25) is 14.9 Å². The predicted octanol–water partition coefficient (Wildman–Crippen LogP) is 1.25. The summed E-state index contributed by atoms with van der Waals surface area (Å²) in [6.45, 7) is -0.648. The number of carbonyl (C=O) groups is 1. The number of halogens is 3. The zero-order chi connectivity index (χ0) is 14.6. The van der Waals surface area contributed by atoms with Crippen LogP contribution in [-0.4, -0.2) is 28.5 Å². The number of hydrogen-bond acceptors (Lipinski definition) is 5. The Kier molecular flexibility index (Phi) is 4.25. The van der Waals surface area contributed by atoms with Crippen molar-refractivity contribution in [3.05, 3.63) is 27.9 Å². The van der Waals surface area contributed by atoms with Crippen LogP contribution in [0.5, 0.6) is 0 Å². The zero-order valence-corrected chi connectivity index (χ0v) is 9.40. The second-order valence-corrected chi connectivity index (χ2v) is 3.50. The van der Waals surface area contributed by atoms with E-state index in [1.54, 1.807) is 0 Å². The van der Waals surface area contributed by atoms with Gasteiger partial charge < -0.3 is 11.1 Å². The number of nitrogen functional groups attached to an aromatic ring is 1. The Morgan fingerprint density at radius 1 is 1.53 bits per heavy atom. The normalized spacial score (nSPS) is 11.1. The molecule has 0 saturated carbocycles. The van der Waals surface area contributed by atoms with E-state index >= 15 is 0 Å². The van der Waals surface area contributed by atoms with Gasteiger partial charge >= 0.3 is 6.18 Å². The van der Waals surface area contributed by atoms with Crippen molar-refractivity contribution < 1.29 is 22.9 Å². The highest BCUT2D eigenvalue weighted by atomic mass is 19.4. The monoisotopic (exact) mass is 278 g/mol. The second kappa shape index (κ2) is 5.50. The van der Waals surface area contributed by atoms with Crippen molar-refractivity contribution in [1.29, 1.82) is 0 Å². The van der Waals surface area contributed by atoms with Crippen molar-refractivity contribution >= 4 is 17.4 Å². The van der Waals surface area contributed by atoms with E-state index in [4.69, 9.17) is 5.73 Å². The van der Waals surface area contributed by atoms with E-state index in [0.717, 1.165) is 12.3 Å². The Morgan fingerprint density at radius 3 is 2.68 bits per heavy atom. The Morgan fingerprint density at radius 2 is 2.16 bits per heavy atom. The molecular weight excluding hydrogens is 269 g/mol. The van der Waals surface area contributed by atoms with Gasteiger partial charge in [0.05, 0.1) is 16.9 Å². The van der Waals surface area contributed by atoms with E-state index in [2.05, 4.69) is 4.98 Å². The minimum Gasteiger partial charge on any atom is -0.383 e. The maximum Gasteiger partial charge on any atom is 0.390 e. The molecule has 0 spiro atoms. The summed E-state index contributed by atoms with van der Waals surface area (Å²) in [5.74, 6) is -1.24. The van der Waals surface area contributed by atoms with Crippen molar-refractivity contribution in [3.8, 4) is 0 Å². The zero-order valence-electron chi connectivity index (χ0n) is 9.40. The van der Waals surface area contributed by atoms with Crippen molar-refractivity contribution in [2.75, 3.05) is 12.3 Å². The minimum absolute atomic E-state index is 0.296. The van der Waals surface area contributed by atoms with Crippen LogP contribution in [-0.2, 0) is 0 Å². The lowest BCUT2D eigenvalue weighted by Gasteiger charge is -2.08. The molecule has 0 aliphatic heterocycles. The van der Waals surface area contributed by atoms with Crippen LogP contribution < -0.4 is 11.1 Å². The fraction of sp³-hybridized carbons (Fsp3) is 0.333. The fourth-order valence-electron chi connectivity index (χ4n) is 1.16. The fourth-order valence-corrected chi connectivity index (χ4v) is 1.16. The molecule has 0 radical (unpaired) electrons. The summed E-state index contributed by atoms with van der Waals surface area (Å²) in [6, 6.07) is 0.852. The SMILES string of the molecule is Nc1ncc([N+](=O)[O-])cc1C(=O)NCCC(F)(F)F. The van der Waals surface area contributed by atoms with Crippen LogP contribution in [0, 0.1) is 10.1 Å². The molecule has 0 saturated heterocycles. The third kappa shape index (κ3) is 4.41. The van der Waals surface area contributed by atoms with E-state index in [9.17, 15) is 28.1 Å². The third-order valence-corrected chi connectivity index (χ3v) is 2.05. The molecule has 7 nitrogen and oxygen atoms in total. The van der Waals surface area contributed by atoms with E-state index in [-0.39, 0.29) is 11.4 Å². The highest BCUT2D eigenvalue weighted by Gasteiger charge is 2.27. The largest absolute Gasteiger partial charge is 0.390 e. The number of pyridine rings is 1. The molecule has 104 valence electrons. The number of nitrogens with one attached hydrogen (secondary N) is 1. The summed E-state index contributed by atoms with van der Waals surface area (Å²) in [6.07, 6.45) is -4.76. The molecule has 19 heavy (non-hydrogen) atoms. The van der Waals surface area contributed by atoms with Gasteiger partial charge in [-0.25, -0.2) is 4.98 Å². The molecule has 3 N–H and O–H groups in total. The average molecular weight is 278 g/mol. The smallest absolute Gasteiger partial charge is 0.383 e. The van der Waals surface area contributed by atoms with Gasteiger partial charge in [0, 0.05) is 12.6 Å². The number of amides is 1. The lowest BCUT2D eigenvalue weighted by Crippen LogP contribution is -2.28. The Labute approximate surface area is 104 Å². The van der Waals surface area contributed by atoms with Crippen molar-refractivity contribution in [2.24, 2.45) is 0 Å². The number of nitrogens with two attached hydrogens (primary N) is 1. The van der Waals surface area contributed by atoms with Gasteiger partial charge in [0.25, 0.3) is 11.6 Å². The molecule has 1 aromatic heterocycles. The van der Waals surface area contributed by atoms with E-state index < -0.39 is 35.7 Å². The van der Waals surface area contributed by atoms with Crippen LogP contribution >= 0.6 is 0 Å². The van der Waals surface area contributed by atoms with Crippen LogP contribution in [0.1, 0.15) is 16.8 Å². The van der Waals surface area contributed by atoms with Crippen LogP contribution in [0.4, 0.5) is 24.7 Å². The van der Waals surface area contributed by atoms with Crippen molar-refractivity contribution in [1.82, 2.24) is 10.3 Å². The highest BCUT2D eigenvalue weighted by molar-refractivity contribution is 5.98. The summed E-state index contributed by atoms with van der Waals surface area (Å²) in [5, 5.41) is 12.4. The van der Waals surface area contributed by atoms with Gasteiger partial charge in [0.15, 0.2) is 0 Å². The standard InChI is InChI=1S/C9H9F3N4O3/c10-9(11,12)1-2-14-8(17)6-3-5(16(18)19)4-15-7(6)13/h3-4H,1-2H2,(H2,13,15)(H,14,17). The molecule has 0 atom stereocenters. The van der Waals surface area contributed by atoms with Crippen LogP contribution in [0.3, 0.4) is 0 Å². The quantitative estimate of drug-likeness (QED) is 0.636. The molecule has 0 fully saturated rings. The number of carbonyl (C=O) groups excluding carboxylic acids is 1. The van der Waals surface area contributed by atoms with E-state index in [1.807, 2.05) is 5.32 Å². The number of anilines is 1. The predicted molar refractivity (Wildman–Crippen MR) is 58.3 cm³/mol. The van der Waals surface area contributed by atoms with Crippen LogP contribution in [0.25, 0.3) is 0 Å². The van der Waals surface area contributed by atoms with E-state index in [1.165, 1.54) is 0 Å². The van der Waals surface area contributed by atoms with Gasteiger partial charge in [0.1, 0.15) is 12.0 Å². The first-order valence-corrected chi connectivity index (χ1v) is 4.95. The van der Waals surface area contributed by atoms with Crippen LogP contribution in [0.2, 0.25) is 0 Å². The molecule has 0 aliphatic rings. The molecule has 1 rings (SSSR count). The third-order valence-electron chi connectivity index (χ3n) is 2.05. The average Bonchev–Trinajstić information content (AvgIpc) is 2.27. The first-order valence-electron chi connectivity index (χ1n) is 4.95. The summed E-state index contributed by atoms with van der Waals surface area (Å²) in [4.78, 5) is 24.6. The molecule has 0 aliphatic carbocycles. The maximum atomic E-state index is 11.9. The molecule has 0 unspecified atom stereocenters. The number of hydrogen-bond donors (Lipinski definition) is 2. The Bertz CT molecular complexity index is 504. The Balaban J connectivity index is 2.76. The molecular formula is C9H9F3N4O3. The first-order chi connectivity index (χ1) is 8.70. The first kappa shape index (κ1) is 14.7. The van der Waals surface area contributed by atoms with Gasteiger partial charge in [0.2, 0.25) is 0 Å². The van der Waals surface area contributed by atoms with E-state index in [0.29, 0.717) is 0 Å². The summed E-state index contributed by atoms with van der Waals surface area (Å²) < 4.78 is 35.6. The molecule has 1 heterocycles. The number of aromatic nitrogens is 1. The number of nitrogens with zero attached hydrogens (tertiary/aromatic N) is 2. The second-order valence-electron chi connectivity index (χ2n) is 3.50. The minimum atomic E-state index is -4.40. The summed E-state index contributed by atoms with van der Waals surface area (Å²) >= 11 is 0. The molecule has 0 bridgehead atoms. The summed E-state index contributed by atoms with van der Waals surface area (Å²) in [7, 11) is 0. The van der Waals surface area contributed by atoms with Crippen LogP contribution in [0.15, 0.2) is 12.3 Å². The number of alkyl halides is 3. The van der Waals surface area contributed by atoms with Crippen molar-refractivity contribution in [3.63, 3.8) is 0 Å². The lowest BCUT2D eigenvalue weighted by atomic mass is 10.2. The highest BCUT2D eigenvalue weighted by Crippen LogP contribution is 2.19. The lowest BCUT2D eigenvalue weighted by molar-refractivity contribution is -0.385. The maximum absolute atomic E-state index is 11.9. The summed E-state index contributed by atoms with van der Waals surface area (Å²) in [5.41, 5.74) is 4.52. The van der Waals surface area contributed by atoms with Gasteiger partial charge in [-0.1, -0.05) is 0 Å². The number of nitro groups is 1. The molecule has 10 heteroatoms. The van der Waals surface area contributed by atoms with Gasteiger partial charge in [-0.2, -0.15) is 13.2 Å². The van der Waals surface area contributed by atoms with Gasteiger partial charge in [-0.15, -0.1) is 0 Å². The topological polar surface area (TPSA) is 111 Å². The van der Waals surface area contributed by atoms with Gasteiger partial charge in [-0.05, 0) is 0 Å². The van der Waals surface area contributed by atoms with Crippen molar-refractivity contribution in [2.45, 2.75) is 12.6 Å².